The van der Waals surface area contributed by atoms with Crippen LogP contribution >= 0.6 is 0 Å². The molecule has 2 atom stereocenters. The molecule has 0 bridgehead atoms. The molecule has 0 radical (unpaired) electrons. The van der Waals surface area contributed by atoms with Crippen LogP contribution in [0.3, 0.4) is 0 Å². The Morgan fingerprint density at radius 1 is 1.27 bits per heavy atom. The fourth-order valence-corrected chi connectivity index (χ4v) is 1.99. The lowest BCUT2D eigenvalue weighted by atomic mass is 9.97. The van der Waals surface area contributed by atoms with Crippen molar-refractivity contribution in [3.63, 3.8) is 0 Å². The fourth-order valence-electron chi connectivity index (χ4n) is 1.99. The SMILES string of the molecule is CCC(C)[C@@H]1C(=O)N(C)C(=O)N1C(C)C. The van der Waals surface area contributed by atoms with E-state index in [-0.39, 0.29) is 29.9 Å². The van der Waals surface area contributed by atoms with Gasteiger partial charge in [-0.25, -0.2) is 4.79 Å². The third kappa shape index (κ3) is 1.85. The lowest BCUT2D eigenvalue weighted by Gasteiger charge is -2.29. The minimum absolute atomic E-state index is 0.0666. The van der Waals surface area contributed by atoms with Crippen molar-refractivity contribution in [2.24, 2.45) is 5.92 Å². The Bertz CT molecular complexity index is 276. The van der Waals surface area contributed by atoms with E-state index in [1.165, 1.54) is 4.90 Å². The first-order chi connectivity index (χ1) is 6.91. The summed E-state index contributed by atoms with van der Waals surface area (Å²) in [7, 11) is 1.56. The molecule has 1 heterocycles. The summed E-state index contributed by atoms with van der Waals surface area (Å²) in [6.07, 6.45) is 0.904. The van der Waals surface area contributed by atoms with Crippen molar-refractivity contribution in [2.75, 3.05) is 7.05 Å². The molecule has 0 aromatic carbocycles. The average Bonchev–Trinajstić information content (AvgIpc) is 2.41. The second-order valence-corrected chi connectivity index (χ2v) is 4.51. The zero-order chi connectivity index (χ0) is 11.7. The van der Waals surface area contributed by atoms with Crippen molar-refractivity contribution in [1.29, 1.82) is 0 Å². The van der Waals surface area contributed by atoms with Crippen LogP contribution in [-0.4, -0.2) is 40.9 Å². The summed E-state index contributed by atoms with van der Waals surface area (Å²) >= 11 is 0. The van der Waals surface area contributed by atoms with E-state index in [1.54, 1.807) is 11.9 Å². The molecule has 15 heavy (non-hydrogen) atoms. The molecule has 0 aromatic heterocycles. The molecule has 0 spiro atoms. The first-order valence-electron chi connectivity index (χ1n) is 5.51. The first kappa shape index (κ1) is 12.0. The third-order valence-electron chi connectivity index (χ3n) is 3.13. The van der Waals surface area contributed by atoms with E-state index in [9.17, 15) is 9.59 Å². The van der Waals surface area contributed by atoms with Gasteiger partial charge in [0, 0.05) is 13.1 Å². The van der Waals surface area contributed by atoms with Crippen LogP contribution < -0.4 is 0 Å². The number of rotatable bonds is 3. The van der Waals surface area contributed by atoms with E-state index in [2.05, 4.69) is 0 Å². The molecule has 4 nitrogen and oxygen atoms in total. The zero-order valence-electron chi connectivity index (χ0n) is 10.2. The molecule has 1 saturated heterocycles. The number of nitrogens with zero attached hydrogens (tertiary/aromatic N) is 2. The maximum atomic E-state index is 11.9. The van der Waals surface area contributed by atoms with Crippen molar-refractivity contribution in [3.8, 4) is 0 Å². The number of hydrogen-bond acceptors (Lipinski definition) is 2. The summed E-state index contributed by atoms with van der Waals surface area (Å²) in [4.78, 5) is 26.6. The minimum Gasteiger partial charge on any atom is -0.310 e. The molecular formula is C11H20N2O2. The Balaban J connectivity index is 3.00. The van der Waals surface area contributed by atoms with Gasteiger partial charge in [-0.1, -0.05) is 20.3 Å². The van der Waals surface area contributed by atoms with Gasteiger partial charge in [0.25, 0.3) is 5.91 Å². The lowest BCUT2D eigenvalue weighted by Crippen LogP contribution is -2.43. The molecule has 1 fully saturated rings. The summed E-state index contributed by atoms with van der Waals surface area (Å²) in [5, 5.41) is 0. The average molecular weight is 212 g/mol. The van der Waals surface area contributed by atoms with Gasteiger partial charge in [0.15, 0.2) is 0 Å². The van der Waals surface area contributed by atoms with E-state index < -0.39 is 0 Å². The Morgan fingerprint density at radius 3 is 2.20 bits per heavy atom. The zero-order valence-corrected chi connectivity index (χ0v) is 10.2. The van der Waals surface area contributed by atoms with Crippen LogP contribution in [0.2, 0.25) is 0 Å². The lowest BCUT2D eigenvalue weighted by molar-refractivity contribution is -0.128. The van der Waals surface area contributed by atoms with E-state index in [0.717, 1.165) is 6.42 Å². The van der Waals surface area contributed by atoms with Gasteiger partial charge in [0.05, 0.1) is 0 Å². The maximum Gasteiger partial charge on any atom is 0.327 e. The molecule has 86 valence electrons. The van der Waals surface area contributed by atoms with Crippen LogP contribution in [0.5, 0.6) is 0 Å². The summed E-state index contributed by atoms with van der Waals surface area (Å²) in [6, 6.07) is -0.363. The van der Waals surface area contributed by atoms with Crippen molar-refractivity contribution >= 4 is 11.9 Å². The summed E-state index contributed by atoms with van der Waals surface area (Å²) in [5.41, 5.74) is 0. The van der Waals surface area contributed by atoms with Crippen molar-refractivity contribution in [3.05, 3.63) is 0 Å². The van der Waals surface area contributed by atoms with Crippen LogP contribution in [0.1, 0.15) is 34.1 Å². The number of amides is 3. The first-order valence-corrected chi connectivity index (χ1v) is 5.51. The van der Waals surface area contributed by atoms with Gasteiger partial charge < -0.3 is 4.90 Å². The molecule has 0 aliphatic carbocycles. The summed E-state index contributed by atoms with van der Waals surface area (Å²) in [5.74, 6) is 0.150. The molecule has 0 aromatic rings. The topological polar surface area (TPSA) is 40.6 Å². The standard InChI is InChI=1S/C11H20N2O2/c1-6-8(4)9-10(14)12(5)11(15)13(9)7(2)3/h7-9H,6H2,1-5H3/t8?,9-/m1/s1. The third-order valence-corrected chi connectivity index (χ3v) is 3.13. The largest absolute Gasteiger partial charge is 0.327 e. The number of carbonyl (C=O) groups is 2. The van der Waals surface area contributed by atoms with E-state index in [1.807, 2.05) is 27.7 Å². The van der Waals surface area contributed by atoms with Crippen molar-refractivity contribution in [1.82, 2.24) is 9.80 Å². The highest BCUT2D eigenvalue weighted by Crippen LogP contribution is 2.26. The van der Waals surface area contributed by atoms with Crippen LogP contribution in [0.15, 0.2) is 0 Å². The monoisotopic (exact) mass is 212 g/mol. The summed E-state index contributed by atoms with van der Waals surface area (Å²) in [6.45, 7) is 7.95. The van der Waals surface area contributed by atoms with Gasteiger partial charge in [-0.3, -0.25) is 9.69 Å². The molecule has 4 heteroatoms. The van der Waals surface area contributed by atoms with Crippen molar-refractivity contribution < 1.29 is 9.59 Å². The molecule has 1 unspecified atom stereocenters. The highest BCUT2D eigenvalue weighted by molar-refractivity contribution is 6.04. The number of imide groups is 1. The van der Waals surface area contributed by atoms with Crippen LogP contribution in [-0.2, 0) is 4.79 Å². The van der Waals surface area contributed by atoms with Crippen LogP contribution in [0.25, 0.3) is 0 Å². The van der Waals surface area contributed by atoms with Crippen molar-refractivity contribution in [2.45, 2.75) is 46.2 Å². The number of hydrogen-bond donors (Lipinski definition) is 0. The maximum absolute atomic E-state index is 11.9. The van der Waals surface area contributed by atoms with E-state index in [0.29, 0.717) is 0 Å². The predicted molar refractivity (Wildman–Crippen MR) is 58.4 cm³/mol. The van der Waals surface area contributed by atoms with Gasteiger partial charge in [0.2, 0.25) is 0 Å². The van der Waals surface area contributed by atoms with Gasteiger partial charge in [0.1, 0.15) is 6.04 Å². The molecule has 3 amide bonds. The van der Waals surface area contributed by atoms with Gasteiger partial charge in [-0.2, -0.15) is 0 Å². The quantitative estimate of drug-likeness (QED) is 0.668. The highest BCUT2D eigenvalue weighted by atomic mass is 16.2. The van der Waals surface area contributed by atoms with Gasteiger partial charge >= 0.3 is 6.03 Å². The molecule has 1 aliphatic rings. The van der Waals surface area contributed by atoms with Crippen LogP contribution in [0, 0.1) is 5.92 Å². The fraction of sp³-hybridized carbons (Fsp3) is 0.818. The van der Waals surface area contributed by atoms with Gasteiger partial charge in [-0.15, -0.1) is 0 Å². The Hall–Kier alpha value is -1.06. The number of carbonyl (C=O) groups excluding carboxylic acids is 2. The Kier molecular flexibility index (Phi) is 3.37. The second kappa shape index (κ2) is 4.21. The predicted octanol–water partition coefficient (Wildman–Crippen LogP) is 1.70. The Morgan fingerprint density at radius 2 is 1.80 bits per heavy atom. The normalized spacial score (nSPS) is 24.3. The van der Waals surface area contributed by atoms with E-state index in [4.69, 9.17) is 0 Å². The smallest absolute Gasteiger partial charge is 0.310 e. The van der Waals surface area contributed by atoms with Crippen LogP contribution in [0.4, 0.5) is 4.79 Å². The second-order valence-electron chi connectivity index (χ2n) is 4.51. The molecule has 0 N–H and O–H groups in total. The number of urea groups is 1. The molecule has 1 rings (SSSR count). The molecule has 0 saturated carbocycles. The molecular weight excluding hydrogens is 192 g/mol. The van der Waals surface area contributed by atoms with Gasteiger partial charge in [-0.05, 0) is 19.8 Å². The summed E-state index contributed by atoms with van der Waals surface area (Å²) < 4.78 is 0. The van der Waals surface area contributed by atoms with E-state index >= 15 is 0 Å². The highest BCUT2D eigenvalue weighted by Gasteiger charge is 2.46. The molecule has 1 aliphatic heterocycles. The Labute approximate surface area is 91.2 Å². The number of likely N-dealkylation sites (N-methyl/N-ethyl adjacent to an activating group) is 1. The minimum atomic E-state index is -0.271.